The van der Waals surface area contributed by atoms with Gasteiger partial charge in [0.05, 0.1) is 13.0 Å². The maximum atomic E-state index is 14.5. The molecule has 11 nitrogen and oxygen atoms in total. The molecule has 1 aromatic heterocycles. The first-order chi connectivity index (χ1) is 24.9. The first-order valence-electron chi connectivity index (χ1n) is 15.6. The Kier molecular flexibility index (Phi) is 12.9. The third kappa shape index (κ3) is 10.1. The molecule has 1 aliphatic carbocycles. The summed E-state index contributed by atoms with van der Waals surface area (Å²) in [6.45, 7) is 0.757. The summed E-state index contributed by atoms with van der Waals surface area (Å²) in [4.78, 5) is 55.3. The van der Waals surface area contributed by atoms with Crippen molar-refractivity contribution in [2.24, 2.45) is 0 Å². The number of hydrogen-bond acceptors (Lipinski definition) is 13. The molecule has 0 bridgehead atoms. The first kappa shape index (κ1) is 38.3. The van der Waals surface area contributed by atoms with E-state index in [4.69, 9.17) is 26.4 Å². The van der Waals surface area contributed by atoms with Gasteiger partial charge in [-0.3, -0.25) is 13.8 Å². The number of hydrogen-bond donors (Lipinski definition) is 0. The standard InChI is InChI=1S/C36H30FNO10S4/c1-21-28(16-22-5-12-26(13-6-22)52(2)44)27-14-9-24(37)17-30(27)29(21)18-34(40)48-31(20-45-33(39)4-3-15-46-38(42)43)36(41)47-25-10-7-23(8-11-25)32-19-35(49)51-50-32/h5-14,16-17,19,31H,3-4,15,18,20H2,1-2H3. The Balaban J connectivity index is 1.34. The predicted octanol–water partition coefficient (Wildman–Crippen LogP) is 7.85. The van der Waals surface area contributed by atoms with Gasteiger partial charge in [0.25, 0.3) is 5.09 Å². The van der Waals surface area contributed by atoms with Crippen molar-refractivity contribution in [3.63, 3.8) is 0 Å². The molecule has 4 aromatic rings. The molecule has 270 valence electrons. The molecule has 2 atom stereocenters. The molecule has 0 spiro atoms. The Morgan fingerprint density at radius 2 is 1.73 bits per heavy atom. The largest absolute Gasteiger partial charge is 0.461 e. The molecule has 2 unspecified atom stereocenters. The quantitative estimate of drug-likeness (QED) is 0.0221. The van der Waals surface area contributed by atoms with E-state index in [0.717, 1.165) is 25.4 Å². The normalized spacial score (nSPS) is 14.0. The van der Waals surface area contributed by atoms with Gasteiger partial charge in [-0.1, -0.05) is 51.1 Å². The molecule has 52 heavy (non-hydrogen) atoms. The van der Waals surface area contributed by atoms with Crippen LogP contribution in [0.4, 0.5) is 4.39 Å². The van der Waals surface area contributed by atoms with Crippen molar-refractivity contribution in [2.75, 3.05) is 19.5 Å². The van der Waals surface area contributed by atoms with Crippen molar-refractivity contribution in [2.45, 2.75) is 37.2 Å². The highest BCUT2D eigenvalue weighted by Crippen LogP contribution is 2.44. The third-order valence-electron chi connectivity index (χ3n) is 7.77. The van der Waals surface area contributed by atoms with Crippen LogP contribution in [0.5, 0.6) is 5.75 Å². The number of rotatable bonds is 15. The van der Waals surface area contributed by atoms with Crippen molar-refractivity contribution < 1.29 is 47.1 Å². The monoisotopic (exact) mass is 783 g/mol. The summed E-state index contributed by atoms with van der Waals surface area (Å²) in [6, 6.07) is 19.8. The van der Waals surface area contributed by atoms with Gasteiger partial charge in [0.15, 0.2) is 0 Å². The molecule has 0 saturated heterocycles. The zero-order valence-electron chi connectivity index (χ0n) is 27.7. The topological polar surface area (TPSA) is 148 Å². The van der Waals surface area contributed by atoms with Crippen LogP contribution in [0, 0.1) is 19.8 Å². The lowest BCUT2D eigenvalue weighted by Crippen LogP contribution is -2.36. The fourth-order valence-electron chi connectivity index (χ4n) is 5.24. The highest BCUT2D eigenvalue weighted by molar-refractivity contribution is 7.84. The number of carbonyl (C=O) groups is 3. The van der Waals surface area contributed by atoms with Gasteiger partial charge in [0.2, 0.25) is 6.10 Å². The average molecular weight is 784 g/mol. The summed E-state index contributed by atoms with van der Waals surface area (Å²) >= 11 is 5.20. The van der Waals surface area contributed by atoms with Gasteiger partial charge in [0, 0.05) is 33.2 Å². The molecule has 3 aromatic carbocycles. The number of halogens is 1. The molecule has 1 aliphatic rings. The van der Waals surface area contributed by atoms with Gasteiger partial charge in [-0.2, -0.15) is 0 Å². The Morgan fingerprint density at radius 1 is 1.00 bits per heavy atom. The lowest BCUT2D eigenvalue weighted by molar-refractivity contribution is -0.757. The summed E-state index contributed by atoms with van der Waals surface area (Å²) in [7, 11) is 1.82. The van der Waals surface area contributed by atoms with Crippen LogP contribution in [0.3, 0.4) is 0 Å². The molecular formula is C36H30FNO10S4. The summed E-state index contributed by atoms with van der Waals surface area (Å²) < 4.78 is 43.3. The maximum Gasteiger partial charge on any atom is 0.356 e. The van der Waals surface area contributed by atoms with Gasteiger partial charge >= 0.3 is 17.9 Å². The van der Waals surface area contributed by atoms with E-state index >= 15 is 0 Å². The first-order valence-corrected chi connectivity index (χ1v) is 19.7. The second-order valence-electron chi connectivity index (χ2n) is 11.3. The molecule has 0 amide bonds. The van der Waals surface area contributed by atoms with Crippen LogP contribution in [-0.2, 0) is 39.5 Å². The third-order valence-corrected chi connectivity index (χ3v) is 11.6. The Morgan fingerprint density at radius 3 is 2.38 bits per heavy atom. The number of carbonyl (C=O) groups excluding carboxylic acids is 3. The van der Waals surface area contributed by atoms with Crippen molar-refractivity contribution >= 4 is 78.8 Å². The van der Waals surface area contributed by atoms with Crippen molar-refractivity contribution in [1.82, 2.24) is 0 Å². The van der Waals surface area contributed by atoms with Crippen LogP contribution in [-0.4, -0.2) is 52.8 Å². The minimum absolute atomic E-state index is 0.0273. The molecule has 5 rings (SSSR count). The maximum absolute atomic E-state index is 14.5. The Hall–Kier alpha value is -4.90. The second-order valence-corrected chi connectivity index (χ2v) is 15.6. The molecule has 0 radical (unpaired) electrons. The lowest BCUT2D eigenvalue weighted by Gasteiger charge is -2.18. The molecule has 0 aliphatic heterocycles. The zero-order valence-corrected chi connectivity index (χ0v) is 30.9. The highest BCUT2D eigenvalue weighted by atomic mass is 32.9. The SMILES string of the molecule is CC1=C(CC(=O)OC(COC(=O)CCCO[N+](=O)[O-])C(=O)Oc2ccc(-c3cc(=S)ss3)cc2)c2cc(F)ccc2C1=Cc1ccc(S(C)=O)cc1. The van der Waals surface area contributed by atoms with E-state index in [0.29, 0.717) is 27.2 Å². The Labute approximate surface area is 312 Å². The van der Waals surface area contributed by atoms with E-state index in [1.165, 1.54) is 32.8 Å². The summed E-state index contributed by atoms with van der Waals surface area (Å²) in [6.07, 6.45) is 1.14. The van der Waals surface area contributed by atoms with E-state index < -0.39 is 52.3 Å². The smallest absolute Gasteiger partial charge is 0.356 e. The van der Waals surface area contributed by atoms with E-state index in [-0.39, 0.29) is 31.6 Å². The molecule has 1 heterocycles. The van der Waals surface area contributed by atoms with Crippen LogP contribution in [0.1, 0.15) is 42.9 Å². The molecular weight excluding hydrogens is 754 g/mol. The van der Waals surface area contributed by atoms with Gasteiger partial charge in [0.1, 0.15) is 22.0 Å². The van der Waals surface area contributed by atoms with Crippen LogP contribution < -0.4 is 4.74 Å². The second kappa shape index (κ2) is 17.5. The van der Waals surface area contributed by atoms with Gasteiger partial charge in [-0.25, -0.2) is 9.18 Å². The molecule has 0 fully saturated rings. The van der Waals surface area contributed by atoms with E-state index in [9.17, 15) is 33.1 Å². The van der Waals surface area contributed by atoms with Gasteiger partial charge in [-0.05, 0) is 113 Å². The van der Waals surface area contributed by atoms with Crippen molar-refractivity contribution in [3.8, 4) is 16.2 Å². The summed E-state index contributed by atoms with van der Waals surface area (Å²) in [5.41, 5.74) is 4.71. The highest BCUT2D eigenvalue weighted by Gasteiger charge is 2.31. The minimum atomic E-state index is -1.68. The van der Waals surface area contributed by atoms with Gasteiger partial charge < -0.3 is 19.0 Å². The molecule has 16 heteroatoms. The Bertz CT molecular complexity index is 2140. The number of fused-ring (bicyclic) bond motifs is 1. The molecule has 0 N–H and O–H groups in total. The van der Waals surface area contributed by atoms with Crippen LogP contribution >= 0.6 is 32.9 Å². The summed E-state index contributed by atoms with van der Waals surface area (Å²) in [5, 5.41) is 9.38. The van der Waals surface area contributed by atoms with Crippen LogP contribution in [0.25, 0.3) is 27.7 Å². The average Bonchev–Trinajstić information content (AvgIpc) is 3.65. The number of nitrogens with zero attached hydrogens (tertiary/aromatic N) is 1. The molecule has 0 saturated carbocycles. The number of esters is 3. The number of ether oxygens (including phenoxy) is 3. The lowest BCUT2D eigenvalue weighted by atomic mass is 10.0. The zero-order chi connectivity index (χ0) is 37.4. The van der Waals surface area contributed by atoms with E-state index in [1.54, 1.807) is 55.6 Å². The van der Waals surface area contributed by atoms with E-state index in [1.807, 2.05) is 24.3 Å². The number of benzene rings is 3. The van der Waals surface area contributed by atoms with Crippen LogP contribution in [0.15, 0.2) is 83.3 Å². The predicted molar refractivity (Wildman–Crippen MR) is 197 cm³/mol. The van der Waals surface area contributed by atoms with Crippen molar-refractivity contribution in [1.29, 1.82) is 0 Å². The minimum Gasteiger partial charge on any atom is -0.461 e. The van der Waals surface area contributed by atoms with Crippen molar-refractivity contribution in [3.05, 3.63) is 115 Å². The van der Waals surface area contributed by atoms with Gasteiger partial charge in [-0.15, -0.1) is 10.1 Å². The fraction of sp³-hybridized carbons (Fsp3) is 0.222. The van der Waals surface area contributed by atoms with E-state index in [2.05, 4.69) is 4.84 Å². The number of allylic oxidation sites excluding steroid dienone is 2. The fourth-order valence-corrected chi connectivity index (χ4v) is 8.16. The van der Waals surface area contributed by atoms with Crippen LogP contribution in [0.2, 0.25) is 0 Å². The summed E-state index contributed by atoms with van der Waals surface area (Å²) in [5.74, 6) is -3.07.